The predicted molar refractivity (Wildman–Crippen MR) is 637 cm³/mol. The highest BCUT2D eigenvalue weighted by Gasteiger charge is 2.32. The normalized spacial score (nSPS) is 16.4. The van der Waals surface area contributed by atoms with Gasteiger partial charge >= 0.3 is 0 Å². The van der Waals surface area contributed by atoms with Crippen LogP contribution in [0.4, 0.5) is 0 Å². The van der Waals surface area contributed by atoms with Crippen LogP contribution >= 0.6 is 0 Å². The maximum Gasteiger partial charge on any atom is 0.0199 e. The van der Waals surface area contributed by atoms with Crippen molar-refractivity contribution in [1.29, 1.82) is 0 Å². The smallest absolute Gasteiger partial charge is 0.0199 e. The zero-order valence-corrected chi connectivity index (χ0v) is 82.0. The number of hydrogen-bond donors (Lipinski definition) is 0. The summed E-state index contributed by atoms with van der Waals surface area (Å²) < 4.78 is 0. The standard InChI is InChI=1S/C18H14.C18H12.4C18H16.2C18H14.H2O.H2/c2*1-3-7-16-13(5-1)9-11-15-12-10-14-6-2-4-8-17(14)18(15)16;6*1-2-6-15(7-3-1)10-11-16-12-13-17-8-4-5-9-18(17)14-16;;/h1-12,16,18H;1-12H;3*2-3,5-14H,1,4H2;1-6,8-15H,7H2;2*1-14H;1H2;1H/b;;2*16-11+;16-11-;11-10-;11-10+;11-10-;;/t16-,18?;;;;;;;;;/m0........./s1/i;;;;;;;;;1+1. The van der Waals surface area contributed by atoms with E-state index in [-0.39, 0.29) is 6.90 Å². The van der Waals surface area contributed by atoms with Crippen molar-refractivity contribution in [1.82, 2.24) is 0 Å². The minimum atomic E-state index is 0. The van der Waals surface area contributed by atoms with Gasteiger partial charge in [-0.1, -0.05) is 577 Å². The van der Waals surface area contributed by atoms with E-state index in [0.29, 0.717) is 17.8 Å². The molecule has 0 heterocycles. The van der Waals surface area contributed by atoms with Gasteiger partial charge < -0.3 is 5.48 Å². The molecule has 16 aromatic rings. The first-order valence-corrected chi connectivity index (χ1v) is 50.7. The van der Waals surface area contributed by atoms with Crippen LogP contribution in [-0.4, -0.2) is 5.48 Å². The zero-order valence-electron chi connectivity index (χ0n) is 82.0. The van der Waals surface area contributed by atoms with Gasteiger partial charge in [-0.25, -0.2) is 0 Å². The van der Waals surface area contributed by atoms with E-state index in [2.05, 4.69) is 601 Å². The molecule has 0 aliphatic heterocycles. The monoisotopic (exact) mass is 1870 g/mol. The number of fused-ring (bicyclic) bond motifs is 16. The molecule has 0 fully saturated rings. The summed E-state index contributed by atoms with van der Waals surface area (Å²) in [4.78, 5) is 0. The van der Waals surface area contributed by atoms with Gasteiger partial charge in [-0.05, 0) is 267 Å². The molecule has 145 heavy (non-hydrogen) atoms. The average molecular weight is 1870 g/mol. The van der Waals surface area contributed by atoms with E-state index in [0.717, 1.165) is 44.9 Å². The zero-order chi connectivity index (χ0) is 97.2. The molecule has 0 bridgehead atoms. The molecule has 16 aromatic carbocycles. The third-order valence-electron chi connectivity index (χ3n) is 26.8. The van der Waals surface area contributed by atoms with Crippen molar-refractivity contribution in [3.63, 3.8) is 0 Å². The number of benzene rings is 16. The van der Waals surface area contributed by atoms with Crippen LogP contribution < -0.4 is 31.3 Å². The molecule has 3 atom stereocenters. The van der Waals surface area contributed by atoms with E-state index >= 15 is 0 Å². The molecular formula is C144H122O. The van der Waals surface area contributed by atoms with E-state index < -0.39 is 0 Å². The van der Waals surface area contributed by atoms with Gasteiger partial charge in [0.2, 0.25) is 0 Å². The molecule has 10 aliphatic rings. The Morgan fingerprint density at radius 2 is 0.607 bits per heavy atom. The van der Waals surface area contributed by atoms with Gasteiger partial charge in [0.1, 0.15) is 0 Å². The molecule has 2 N–H and O–H groups in total. The Kier molecular flexibility index (Phi) is 34.1. The van der Waals surface area contributed by atoms with Crippen LogP contribution in [0, 0.1) is 11.8 Å². The largest absolute Gasteiger partial charge is 0.412 e. The van der Waals surface area contributed by atoms with Crippen LogP contribution in [0.1, 0.15) is 108 Å². The SMILES string of the molecule is C(=C/c1ccc2ccccc2c1)/c1ccccc1.C(=C\c1ccc2ccccc2c1)/c1ccccc1.C1=CC(=C/C=c2/ccc3c(c2)C=CCC=3)C=CC1.C1=CC(=C/C=c2\ccc3c(c2)C=CCC=3)C=CC1.C1=CC(=C/C=c2\ccc3c(c2)C=CCC=3)C=CC1.C1=CC2=CC=C3C=Cc4ccccc4C3[C@H]2C=C1.C1=CCC(/C=C\c2ccc3ccccc3c2)C=C1.O.[2HH].c1ccc2c(c1)ccc1ccc3ccccc3c12. The summed E-state index contributed by atoms with van der Waals surface area (Å²) in [7, 11) is 0. The third kappa shape index (κ3) is 27.2. The highest BCUT2D eigenvalue weighted by molar-refractivity contribution is 6.20. The lowest BCUT2D eigenvalue weighted by Crippen LogP contribution is -2.20. The maximum atomic E-state index is 2.33. The quantitative estimate of drug-likeness (QED) is 0.102. The summed E-state index contributed by atoms with van der Waals surface area (Å²) in [5.41, 5.74) is 19.6. The minimum Gasteiger partial charge on any atom is -0.412 e. The van der Waals surface area contributed by atoms with Crippen LogP contribution in [0.3, 0.4) is 0 Å². The predicted octanol–water partition coefficient (Wildman–Crippen LogP) is 33.3. The van der Waals surface area contributed by atoms with Crippen molar-refractivity contribution in [3.05, 3.63) is 637 Å². The van der Waals surface area contributed by atoms with Crippen LogP contribution in [0.2, 0.25) is 0 Å². The molecule has 1 heteroatoms. The van der Waals surface area contributed by atoms with E-state index in [1.165, 1.54) is 179 Å². The van der Waals surface area contributed by atoms with E-state index in [4.69, 9.17) is 0 Å². The van der Waals surface area contributed by atoms with Crippen LogP contribution in [0.5, 0.6) is 0 Å². The van der Waals surface area contributed by atoms with Crippen molar-refractivity contribution < 1.29 is 6.90 Å². The summed E-state index contributed by atoms with van der Waals surface area (Å²) in [5.74, 6) is 1.54. The highest BCUT2D eigenvalue weighted by Crippen LogP contribution is 2.46. The van der Waals surface area contributed by atoms with Gasteiger partial charge in [0.05, 0.1) is 0 Å². The molecule has 704 valence electrons. The molecule has 2 unspecified atom stereocenters. The lowest BCUT2D eigenvalue weighted by Gasteiger charge is -2.34. The Balaban J connectivity index is 0.000000114. The highest BCUT2D eigenvalue weighted by atomic mass is 16.0. The van der Waals surface area contributed by atoms with Crippen molar-refractivity contribution in [3.8, 4) is 0 Å². The molecule has 10 aliphatic carbocycles. The van der Waals surface area contributed by atoms with Crippen LogP contribution in [0.25, 0.3) is 156 Å². The molecule has 0 saturated heterocycles. The van der Waals surface area contributed by atoms with Crippen molar-refractivity contribution in [2.45, 2.75) is 50.9 Å². The fourth-order valence-electron chi connectivity index (χ4n) is 19.2. The Bertz CT molecular complexity index is 8040. The Hall–Kier alpha value is -17.5. The third-order valence-corrected chi connectivity index (χ3v) is 26.8. The van der Waals surface area contributed by atoms with Crippen LogP contribution in [0.15, 0.2) is 550 Å². The van der Waals surface area contributed by atoms with Crippen molar-refractivity contribution in [2.24, 2.45) is 11.8 Å². The maximum absolute atomic E-state index is 2.33. The Morgan fingerprint density at radius 3 is 1.06 bits per heavy atom. The fraction of sp³-hybridized carbons (Fsp3) is 0.0694. The van der Waals surface area contributed by atoms with E-state index in [9.17, 15) is 0 Å². The molecule has 0 aromatic heterocycles. The Morgan fingerprint density at radius 1 is 0.234 bits per heavy atom. The second-order valence-electron chi connectivity index (χ2n) is 36.9. The van der Waals surface area contributed by atoms with E-state index in [1.807, 2.05) is 12.1 Å². The summed E-state index contributed by atoms with van der Waals surface area (Å²) in [5, 5.41) is 23.5. The molecule has 0 amide bonds. The number of rotatable bonds is 9. The summed E-state index contributed by atoms with van der Waals surface area (Å²) in [6, 6.07) is 120. The van der Waals surface area contributed by atoms with Crippen molar-refractivity contribution >= 4 is 156 Å². The first kappa shape index (κ1) is 97.8. The van der Waals surface area contributed by atoms with Gasteiger partial charge in [0, 0.05) is 13.3 Å². The molecule has 1 nitrogen and oxygen atoms in total. The van der Waals surface area contributed by atoms with Gasteiger partial charge in [-0.2, -0.15) is 0 Å². The average Bonchev–Trinajstić information content (AvgIpc) is 0.763. The second kappa shape index (κ2) is 50.6. The molecule has 26 rings (SSSR count). The minimum absolute atomic E-state index is 0. The first-order valence-electron chi connectivity index (χ1n) is 50.7. The van der Waals surface area contributed by atoms with E-state index in [1.54, 1.807) is 0 Å². The summed E-state index contributed by atoms with van der Waals surface area (Å²) in [6.07, 6.45) is 106. The molecule has 0 radical (unpaired) electrons. The fourth-order valence-corrected chi connectivity index (χ4v) is 19.2. The molecular weight excluding hydrogens is 1750 g/mol. The van der Waals surface area contributed by atoms with Gasteiger partial charge in [-0.15, -0.1) is 0 Å². The number of hydrogen-bond acceptors (Lipinski definition) is 0. The summed E-state index contributed by atoms with van der Waals surface area (Å²) >= 11 is 0. The molecule has 0 spiro atoms. The van der Waals surface area contributed by atoms with Crippen LogP contribution in [-0.2, 0) is 0 Å². The second-order valence-corrected chi connectivity index (χ2v) is 36.9. The van der Waals surface area contributed by atoms with Gasteiger partial charge in [0.25, 0.3) is 0 Å². The summed E-state index contributed by atoms with van der Waals surface area (Å²) in [6.45, 7) is 0. The topological polar surface area (TPSA) is 31.5 Å². The van der Waals surface area contributed by atoms with Gasteiger partial charge in [0.15, 0.2) is 0 Å². The van der Waals surface area contributed by atoms with Gasteiger partial charge in [-0.3, -0.25) is 0 Å². The number of allylic oxidation sites excluding steroid dienone is 35. The van der Waals surface area contributed by atoms with Crippen molar-refractivity contribution in [2.75, 3.05) is 0 Å². The molecule has 0 saturated carbocycles. The lowest BCUT2D eigenvalue weighted by molar-refractivity contribution is 0.645. The Labute approximate surface area is 856 Å². The first-order chi connectivity index (χ1) is 71.4. The lowest BCUT2D eigenvalue weighted by atomic mass is 9.69.